The number of piperidine rings is 1. The fraction of sp³-hybridized carbons (Fsp3) is 0.536. The lowest BCUT2D eigenvalue weighted by atomic mass is 9.89. The molecule has 1 N–H and O–H groups in total. The molecule has 0 saturated carbocycles. The topological polar surface area (TPSA) is 41.6 Å². The van der Waals surface area contributed by atoms with Crippen LogP contribution in [-0.4, -0.2) is 37.6 Å². The number of aryl methyl sites for hydroxylation is 1. The van der Waals surface area contributed by atoms with E-state index in [1.54, 1.807) is 0 Å². The van der Waals surface area contributed by atoms with Gasteiger partial charge in [-0.05, 0) is 68.5 Å². The Morgan fingerprint density at radius 1 is 1.09 bits per heavy atom. The Morgan fingerprint density at radius 2 is 1.75 bits per heavy atom. The lowest BCUT2D eigenvalue weighted by Crippen LogP contribution is -2.34. The Bertz CT molecular complexity index is 808. The monoisotopic (exact) mass is 438 g/mol. The van der Waals surface area contributed by atoms with Crippen LogP contribution in [0.2, 0.25) is 0 Å². The van der Waals surface area contributed by atoms with E-state index in [9.17, 15) is 4.79 Å². The van der Waals surface area contributed by atoms with Crippen molar-refractivity contribution in [3.05, 3.63) is 65.2 Å². The van der Waals surface area contributed by atoms with Crippen molar-refractivity contribution >= 4 is 11.6 Å². The second-order valence-corrected chi connectivity index (χ2v) is 8.81. The number of benzene rings is 2. The summed E-state index contributed by atoms with van der Waals surface area (Å²) in [5.74, 6) is 0.628. The van der Waals surface area contributed by atoms with E-state index >= 15 is 0 Å². The number of carbonyl (C=O) groups is 1. The van der Waals surface area contributed by atoms with Gasteiger partial charge in [0, 0.05) is 25.3 Å². The van der Waals surface area contributed by atoms with Gasteiger partial charge in [0.15, 0.2) is 0 Å². The highest BCUT2D eigenvalue weighted by Crippen LogP contribution is 2.30. The molecular weight excluding hydrogens is 396 g/mol. The maximum absolute atomic E-state index is 12.0. The van der Waals surface area contributed by atoms with Gasteiger partial charge in [-0.3, -0.25) is 4.79 Å². The summed E-state index contributed by atoms with van der Waals surface area (Å²) in [6, 6.07) is 17.1. The summed E-state index contributed by atoms with van der Waals surface area (Å²) in [6.07, 6.45) is 3.48. The molecule has 0 aliphatic carbocycles. The number of hydrogen-bond acceptors (Lipinski definition) is 3. The van der Waals surface area contributed by atoms with Crippen LogP contribution in [0.1, 0.15) is 75.7 Å². The highest BCUT2D eigenvalue weighted by molar-refractivity contribution is 5.92. The van der Waals surface area contributed by atoms with Crippen molar-refractivity contribution in [2.75, 3.05) is 32.1 Å². The predicted octanol–water partition coefficient (Wildman–Crippen LogP) is 6.57. The van der Waals surface area contributed by atoms with Crippen molar-refractivity contribution in [1.29, 1.82) is 0 Å². The number of carbonyl (C=O) groups excluding carboxylic acids is 1. The van der Waals surface area contributed by atoms with Crippen LogP contribution in [0, 0.1) is 12.8 Å². The summed E-state index contributed by atoms with van der Waals surface area (Å²) in [6.45, 7) is 13.2. The van der Waals surface area contributed by atoms with Crippen molar-refractivity contribution < 1.29 is 9.53 Å². The quantitative estimate of drug-likeness (QED) is 0.506. The van der Waals surface area contributed by atoms with Gasteiger partial charge in [0.2, 0.25) is 5.91 Å². The molecule has 1 amide bonds. The molecule has 4 nitrogen and oxygen atoms in total. The lowest BCUT2D eigenvalue weighted by molar-refractivity contribution is -0.118. The molecule has 4 heteroatoms. The Balaban J connectivity index is 0.00000176. The average Bonchev–Trinajstić information content (AvgIpc) is 2.82. The van der Waals surface area contributed by atoms with Crippen LogP contribution in [-0.2, 0) is 9.53 Å². The van der Waals surface area contributed by atoms with Crippen LogP contribution in [0.3, 0.4) is 0 Å². The van der Waals surface area contributed by atoms with E-state index in [-0.39, 0.29) is 17.9 Å². The van der Waals surface area contributed by atoms with Gasteiger partial charge in [0.05, 0.1) is 6.10 Å². The molecule has 32 heavy (non-hydrogen) atoms. The van der Waals surface area contributed by atoms with Crippen LogP contribution in [0.15, 0.2) is 48.5 Å². The van der Waals surface area contributed by atoms with E-state index < -0.39 is 0 Å². The smallest absolute Gasteiger partial charge is 0.226 e. The Labute approximate surface area is 195 Å². The first kappa shape index (κ1) is 26.1. The molecule has 0 aromatic heterocycles. The fourth-order valence-electron chi connectivity index (χ4n) is 4.15. The van der Waals surface area contributed by atoms with Crippen LogP contribution >= 0.6 is 0 Å². The van der Waals surface area contributed by atoms with Gasteiger partial charge in [-0.25, -0.2) is 0 Å². The number of ether oxygens (including phenoxy) is 1. The first-order valence-corrected chi connectivity index (χ1v) is 12.2. The lowest BCUT2D eigenvalue weighted by Gasteiger charge is -2.33. The molecule has 176 valence electrons. The number of likely N-dealkylation sites (tertiary alicyclic amines) is 1. The predicted molar refractivity (Wildman–Crippen MR) is 135 cm³/mol. The van der Waals surface area contributed by atoms with E-state index in [0.29, 0.717) is 5.92 Å². The third kappa shape index (κ3) is 7.75. The molecule has 1 heterocycles. The van der Waals surface area contributed by atoms with Crippen molar-refractivity contribution in [2.45, 2.75) is 65.9 Å². The first-order chi connectivity index (χ1) is 15.5. The molecule has 1 unspecified atom stereocenters. The maximum Gasteiger partial charge on any atom is 0.226 e. The molecule has 0 spiro atoms. The first-order valence-electron chi connectivity index (χ1n) is 12.2. The number of hydrogen-bond donors (Lipinski definition) is 1. The zero-order valence-electron chi connectivity index (χ0n) is 20.9. The standard InChI is InChI=1S/C26H36N2O2.C2H6/c1-19(2)26(29)27-24-7-5-6-23(18-24)21-12-15-28(16-13-21)17-14-25(30-4)22-10-8-20(3)9-11-22;1-2/h5-11,18-19,21,25H,12-17H2,1-4H3,(H,27,29);1-2H3. The number of methoxy groups -OCH3 is 1. The number of anilines is 1. The second kappa shape index (κ2) is 13.4. The van der Waals surface area contributed by atoms with E-state index in [2.05, 4.69) is 59.6 Å². The zero-order valence-corrected chi connectivity index (χ0v) is 20.9. The zero-order chi connectivity index (χ0) is 23.5. The van der Waals surface area contributed by atoms with Gasteiger partial charge in [-0.2, -0.15) is 0 Å². The number of rotatable bonds is 8. The molecule has 0 bridgehead atoms. The largest absolute Gasteiger partial charge is 0.377 e. The Hall–Kier alpha value is -2.17. The molecule has 1 aliphatic heterocycles. The number of nitrogens with one attached hydrogen (secondary N) is 1. The molecule has 0 radical (unpaired) electrons. The van der Waals surface area contributed by atoms with Gasteiger partial charge in [-0.15, -0.1) is 0 Å². The summed E-state index contributed by atoms with van der Waals surface area (Å²) in [5, 5.41) is 3.02. The molecule has 2 aromatic carbocycles. The maximum atomic E-state index is 12.0. The van der Waals surface area contributed by atoms with Crippen LogP contribution < -0.4 is 5.32 Å². The SMILES string of the molecule is CC.COC(CCN1CCC(c2cccc(NC(=O)C(C)C)c2)CC1)c1ccc(C)cc1. The third-order valence-corrected chi connectivity index (χ3v) is 6.18. The summed E-state index contributed by atoms with van der Waals surface area (Å²) in [5.41, 5.74) is 4.79. The van der Waals surface area contributed by atoms with Gasteiger partial charge in [-0.1, -0.05) is 69.7 Å². The van der Waals surface area contributed by atoms with Gasteiger partial charge >= 0.3 is 0 Å². The molecule has 1 fully saturated rings. The van der Waals surface area contributed by atoms with Gasteiger partial charge in [0.1, 0.15) is 0 Å². The minimum absolute atomic E-state index is 0.00673. The molecule has 1 atom stereocenters. The van der Waals surface area contributed by atoms with E-state index in [0.717, 1.165) is 44.6 Å². The number of amides is 1. The third-order valence-electron chi connectivity index (χ3n) is 6.18. The highest BCUT2D eigenvalue weighted by atomic mass is 16.5. The normalized spacial score (nSPS) is 15.7. The molecule has 1 saturated heterocycles. The van der Waals surface area contributed by atoms with E-state index in [1.165, 1.54) is 16.7 Å². The van der Waals surface area contributed by atoms with Gasteiger partial charge < -0.3 is 15.0 Å². The summed E-state index contributed by atoms with van der Waals surface area (Å²) in [4.78, 5) is 14.5. The van der Waals surface area contributed by atoms with Crippen LogP contribution in [0.4, 0.5) is 5.69 Å². The molecule has 3 rings (SSSR count). The van der Waals surface area contributed by atoms with Crippen LogP contribution in [0.25, 0.3) is 0 Å². The Morgan fingerprint density at radius 3 is 2.34 bits per heavy atom. The van der Waals surface area contributed by atoms with E-state index in [1.807, 2.05) is 40.9 Å². The van der Waals surface area contributed by atoms with Crippen molar-refractivity contribution in [3.63, 3.8) is 0 Å². The molecule has 1 aliphatic rings. The van der Waals surface area contributed by atoms with E-state index in [4.69, 9.17) is 4.74 Å². The second-order valence-electron chi connectivity index (χ2n) is 8.81. The van der Waals surface area contributed by atoms with Crippen molar-refractivity contribution in [2.24, 2.45) is 5.92 Å². The minimum atomic E-state index is -0.00673. The summed E-state index contributed by atoms with van der Waals surface area (Å²) in [7, 11) is 1.81. The highest BCUT2D eigenvalue weighted by Gasteiger charge is 2.22. The average molecular weight is 439 g/mol. The summed E-state index contributed by atoms with van der Waals surface area (Å²) < 4.78 is 5.76. The Kier molecular flexibility index (Phi) is 10.9. The number of nitrogens with zero attached hydrogens (tertiary/aromatic N) is 1. The van der Waals surface area contributed by atoms with Crippen molar-refractivity contribution in [1.82, 2.24) is 4.90 Å². The molecular formula is C28H42N2O2. The van der Waals surface area contributed by atoms with Gasteiger partial charge in [0.25, 0.3) is 0 Å². The molecule has 2 aromatic rings. The fourth-order valence-corrected chi connectivity index (χ4v) is 4.15. The van der Waals surface area contributed by atoms with Crippen LogP contribution in [0.5, 0.6) is 0 Å². The summed E-state index contributed by atoms with van der Waals surface area (Å²) >= 11 is 0. The van der Waals surface area contributed by atoms with Crippen molar-refractivity contribution in [3.8, 4) is 0 Å². The minimum Gasteiger partial charge on any atom is -0.377 e.